The smallest absolute Gasteiger partial charge is 0.247 e. The molecule has 1 atom stereocenters. The van der Waals surface area contributed by atoms with Crippen molar-refractivity contribution in [1.82, 2.24) is 9.78 Å². The lowest BCUT2D eigenvalue weighted by Gasteiger charge is -2.18. The molecule has 1 amide bonds. The first kappa shape index (κ1) is 17.9. The van der Waals surface area contributed by atoms with Crippen molar-refractivity contribution in [3.8, 4) is 5.75 Å². The third-order valence-electron chi connectivity index (χ3n) is 4.36. The molecule has 7 nitrogen and oxygen atoms in total. The number of nitrogens with two attached hydrogens (primary N) is 1. The van der Waals surface area contributed by atoms with Gasteiger partial charge in [-0.05, 0) is 12.1 Å². The molecule has 2 N–H and O–H groups in total. The Bertz CT molecular complexity index is 784. The molecule has 8 heteroatoms. The van der Waals surface area contributed by atoms with E-state index in [1.165, 1.54) is 0 Å². The zero-order valence-electron chi connectivity index (χ0n) is 15.3. The molecule has 0 bridgehead atoms. The molecule has 0 saturated heterocycles. The molecule has 1 aliphatic rings. The standard InChI is InChI=1S/C17H26N4O3Si/c1-20-15-7-12-9-19-21(11-23-5-6-25(2,3)4)14(12)8-16(15)24-10-13(18)17(20)22/h7-9,13H,5-6,10-11,18H2,1-4H3/t13-/m0/s1. The van der Waals surface area contributed by atoms with E-state index in [1.54, 1.807) is 18.1 Å². The van der Waals surface area contributed by atoms with Gasteiger partial charge in [0.1, 0.15) is 25.1 Å². The number of hydrogen-bond acceptors (Lipinski definition) is 5. The Hall–Kier alpha value is -1.90. The van der Waals surface area contributed by atoms with Gasteiger partial charge in [-0.1, -0.05) is 19.6 Å². The molecule has 1 aliphatic heterocycles. The van der Waals surface area contributed by atoms with Crippen molar-refractivity contribution in [2.45, 2.75) is 38.5 Å². The summed E-state index contributed by atoms with van der Waals surface area (Å²) in [5, 5.41) is 5.34. The second kappa shape index (κ2) is 6.78. The van der Waals surface area contributed by atoms with E-state index in [1.807, 2.05) is 16.8 Å². The van der Waals surface area contributed by atoms with Crippen LogP contribution in [0.2, 0.25) is 25.7 Å². The van der Waals surface area contributed by atoms with Crippen molar-refractivity contribution < 1.29 is 14.3 Å². The maximum atomic E-state index is 12.2. The van der Waals surface area contributed by atoms with Gasteiger partial charge in [0.15, 0.2) is 0 Å². The normalized spacial score (nSPS) is 18.2. The van der Waals surface area contributed by atoms with E-state index in [2.05, 4.69) is 24.7 Å². The Morgan fingerprint density at radius 2 is 2.16 bits per heavy atom. The van der Waals surface area contributed by atoms with Crippen LogP contribution in [0.1, 0.15) is 0 Å². The fraction of sp³-hybridized carbons (Fsp3) is 0.529. The number of rotatable bonds is 5. The van der Waals surface area contributed by atoms with Crippen LogP contribution >= 0.6 is 0 Å². The van der Waals surface area contributed by atoms with Gasteiger partial charge in [0.2, 0.25) is 5.91 Å². The fourth-order valence-corrected chi connectivity index (χ4v) is 3.48. The molecule has 0 spiro atoms. The molecule has 0 unspecified atom stereocenters. The molecule has 0 radical (unpaired) electrons. The number of benzene rings is 1. The zero-order valence-corrected chi connectivity index (χ0v) is 16.3. The Labute approximate surface area is 148 Å². The summed E-state index contributed by atoms with van der Waals surface area (Å²) in [7, 11) is 0.611. The summed E-state index contributed by atoms with van der Waals surface area (Å²) >= 11 is 0. The number of nitrogens with zero attached hydrogens (tertiary/aromatic N) is 3. The molecule has 0 aliphatic carbocycles. The van der Waals surface area contributed by atoms with Gasteiger partial charge in [-0.25, -0.2) is 4.68 Å². The van der Waals surface area contributed by atoms with Crippen molar-refractivity contribution in [3.63, 3.8) is 0 Å². The molecule has 0 fully saturated rings. The first-order valence-electron chi connectivity index (χ1n) is 8.49. The summed E-state index contributed by atoms with van der Waals surface area (Å²) < 4.78 is 13.4. The summed E-state index contributed by atoms with van der Waals surface area (Å²) in [4.78, 5) is 13.7. The second-order valence-corrected chi connectivity index (χ2v) is 13.3. The average molecular weight is 363 g/mol. The molecular weight excluding hydrogens is 336 g/mol. The number of anilines is 1. The van der Waals surface area contributed by atoms with Crippen molar-refractivity contribution in [2.24, 2.45) is 5.73 Å². The first-order chi connectivity index (χ1) is 11.8. The minimum Gasteiger partial charge on any atom is -0.489 e. The number of likely N-dealkylation sites (N-methyl/N-ethyl adjacent to an activating group) is 1. The monoisotopic (exact) mass is 362 g/mol. The molecule has 2 heterocycles. The minimum absolute atomic E-state index is 0.153. The van der Waals surface area contributed by atoms with Crippen molar-refractivity contribution in [1.29, 1.82) is 0 Å². The van der Waals surface area contributed by atoms with E-state index in [0.29, 0.717) is 18.2 Å². The van der Waals surface area contributed by atoms with Crippen LogP contribution < -0.4 is 15.4 Å². The van der Waals surface area contributed by atoms with Crippen LogP contribution in [0.15, 0.2) is 18.3 Å². The van der Waals surface area contributed by atoms with Gasteiger partial charge in [0.25, 0.3) is 0 Å². The lowest BCUT2D eigenvalue weighted by molar-refractivity contribution is -0.119. The van der Waals surface area contributed by atoms with Gasteiger partial charge in [0.05, 0.1) is 17.4 Å². The van der Waals surface area contributed by atoms with Crippen molar-refractivity contribution >= 4 is 30.6 Å². The highest BCUT2D eigenvalue weighted by Gasteiger charge is 2.27. The topological polar surface area (TPSA) is 82.6 Å². The number of carbonyl (C=O) groups excluding carboxylic acids is 1. The number of carbonyl (C=O) groups is 1. The third kappa shape index (κ3) is 3.86. The Kier molecular flexibility index (Phi) is 4.85. The van der Waals surface area contributed by atoms with Gasteiger partial charge in [-0.3, -0.25) is 4.79 Å². The van der Waals surface area contributed by atoms with E-state index in [4.69, 9.17) is 15.2 Å². The summed E-state index contributed by atoms with van der Waals surface area (Å²) in [6.45, 7) is 8.30. The van der Waals surface area contributed by atoms with E-state index in [-0.39, 0.29) is 12.5 Å². The summed E-state index contributed by atoms with van der Waals surface area (Å²) in [5.41, 5.74) is 7.48. The van der Waals surface area contributed by atoms with E-state index in [9.17, 15) is 4.79 Å². The van der Waals surface area contributed by atoms with Crippen LogP contribution in [0.5, 0.6) is 5.75 Å². The number of amides is 1. The Morgan fingerprint density at radius 1 is 1.40 bits per heavy atom. The number of fused-ring (bicyclic) bond motifs is 2. The van der Waals surface area contributed by atoms with Crippen LogP contribution in [0, 0.1) is 0 Å². The molecule has 136 valence electrons. The van der Waals surface area contributed by atoms with Gasteiger partial charge in [-0.15, -0.1) is 0 Å². The lowest BCUT2D eigenvalue weighted by atomic mass is 10.2. The van der Waals surface area contributed by atoms with E-state index >= 15 is 0 Å². The average Bonchev–Trinajstić information content (AvgIpc) is 2.91. The Morgan fingerprint density at radius 3 is 2.88 bits per heavy atom. The molecule has 3 rings (SSSR count). The summed E-state index contributed by atoms with van der Waals surface area (Å²) in [6.07, 6.45) is 1.78. The highest BCUT2D eigenvalue weighted by Crippen LogP contribution is 2.34. The number of hydrogen-bond donors (Lipinski definition) is 1. The number of ether oxygens (including phenoxy) is 2. The maximum absolute atomic E-state index is 12.2. The maximum Gasteiger partial charge on any atom is 0.247 e. The van der Waals surface area contributed by atoms with Crippen molar-refractivity contribution in [2.75, 3.05) is 25.2 Å². The molecule has 1 aromatic heterocycles. The SMILES string of the molecule is CN1C(=O)[C@@H](N)COc2cc3c(cnn3COCC[Si](C)(C)C)cc21. The third-order valence-corrected chi connectivity index (χ3v) is 6.06. The summed E-state index contributed by atoms with van der Waals surface area (Å²) in [6, 6.07) is 4.28. The van der Waals surface area contributed by atoms with Gasteiger partial charge >= 0.3 is 0 Å². The van der Waals surface area contributed by atoms with Crippen LogP contribution in [0.3, 0.4) is 0 Å². The first-order valence-corrected chi connectivity index (χ1v) is 12.2. The van der Waals surface area contributed by atoms with Crippen LogP contribution in [-0.2, 0) is 16.3 Å². The van der Waals surface area contributed by atoms with Gasteiger partial charge in [-0.2, -0.15) is 5.10 Å². The van der Waals surface area contributed by atoms with Gasteiger partial charge < -0.3 is 20.1 Å². The lowest BCUT2D eigenvalue weighted by Crippen LogP contribution is -2.43. The molecule has 0 saturated carbocycles. The van der Waals surface area contributed by atoms with E-state index in [0.717, 1.165) is 23.6 Å². The predicted octanol–water partition coefficient (Wildman–Crippen LogP) is 2.03. The minimum atomic E-state index is -1.10. The molecule has 2 aromatic rings. The van der Waals surface area contributed by atoms with Crippen molar-refractivity contribution in [3.05, 3.63) is 18.3 Å². The number of aromatic nitrogens is 2. The Balaban J connectivity index is 1.81. The fourth-order valence-electron chi connectivity index (χ4n) is 2.72. The quantitative estimate of drug-likeness (QED) is 0.650. The summed E-state index contributed by atoms with van der Waals surface area (Å²) in [5.74, 6) is 0.486. The molecular formula is C17H26N4O3Si. The molecule has 1 aromatic carbocycles. The largest absolute Gasteiger partial charge is 0.489 e. The van der Waals surface area contributed by atoms with Gasteiger partial charge in [0, 0.05) is 33.2 Å². The highest BCUT2D eigenvalue weighted by atomic mass is 28.3. The van der Waals surface area contributed by atoms with Crippen LogP contribution in [0.25, 0.3) is 10.9 Å². The zero-order chi connectivity index (χ0) is 18.2. The van der Waals surface area contributed by atoms with Crippen LogP contribution in [0.4, 0.5) is 5.69 Å². The second-order valence-electron chi connectivity index (χ2n) is 7.69. The van der Waals surface area contributed by atoms with E-state index < -0.39 is 14.1 Å². The molecule has 25 heavy (non-hydrogen) atoms. The highest BCUT2D eigenvalue weighted by molar-refractivity contribution is 6.76. The van der Waals surface area contributed by atoms with Crippen LogP contribution in [-0.4, -0.2) is 50.1 Å². The predicted molar refractivity (Wildman–Crippen MR) is 101 cm³/mol.